The van der Waals surface area contributed by atoms with E-state index in [0.717, 1.165) is 32.7 Å². The zero-order valence-electron chi connectivity index (χ0n) is 16.0. The molecular formula is C22H13ClFN3O3S. The van der Waals surface area contributed by atoms with Gasteiger partial charge in [0.2, 0.25) is 0 Å². The monoisotopic (exact) mass is 453 g/mol. The molecular weight excluding hydrogens is 441 g/mol. The molecule has 0 aliphatic rings. The molecule has 0 aliphatic heterocycles. The van der Waals surface area contributed by atoms with Crippen LogP contribution in [0.3, 0.4) is 0 Å². The van der Waals surface area contributed by atoms with Crippen LogP contribution in [0.2, 0.25) is 5.02 Å². The Morgan fingerprint density at radius 2 is 1.97 bits per heavy atom. The molecule has 0 fully saturated rings. The summed E-state index contributed by atoms with van der Waals surface area (Å²) in [7, 11) is 1.36. The largest absolute Gasteiger partial charge is 0.494 e. The van der Waals surface area contributed by atoms with Gasteiger partial charge in [-0.25, -0.2) is 13.8 Å². The third-order valence-electron chi connectivity index (χ3n) is 4.97. The molecule has 0 aliphatic carbocycles. The highest BCUT2D eigenvalue weighted by molar-refractivity contribution is 7.22. The Hall–Kier alpha value is -3.49. The van der Waals surface area contributed by atoms with E-state index in [-0.39, 0.29) is 10.8 Å². The highest BCUT2D eigenvalue weighted by Gasteiger charge is 2.18. The summed E-state index contributed by atoms with van der Waals surface area (Å²) >= 11 is 7.38. The number of hydrogen-bond donors (Lipinski definition) is 1. The minimum atomic E-state index is -0.587. The summed E-state index contributed by atoms with van der Waals surface area (Å²) < 4.78 is 20.4. The first-order valence-electron chi connectivity index (χ1n) is 9.13. The highest BCUT2D eigenvalue weighted by Crippen LogP contribution is 2.38. The molecule has 3 heterocycles. The number of aromatic amines is 1. The summed E-state index contributed by atoms with van der Waals surface area (Å²) in [5.74, 6) is -0.554. The van der Waals surface area contributed by atoms with Crippen molar-refractivity contribution < 1.29 is 9.13 Å². The quantitative estimate of drug-likeness (QED) is 0.427. The lowest BCUT2D eigenvalue weighted by Gasteiger charge is -2.07. The number of nitrogens with one attached hydrogen (secondary N) is 1. The number of fused-ring (bicyclic) bond motifs is 2. The standard InChI is InChI=1S/C22H13ClFN3O3S/c1-30-18-6-13(14(23)7-15(18)24)19-8-16-20(31-19)21(28)27(22(29)26-16)17-10-25-9-11-4-2-3-5-12(11)17/h2-10H,1H3,(H,26,29). The molecule has 0 bridgehead atoms. The Balaban J connectivity index is 1.77. The zero-order valence-corrected chi connectivity index (χ0v) is 17.6. The first kappa shape index (κ1) is 19.5. The number of benzene rings is 2. The van der Waals surface area contributed by atoms with Crippen LogP contribution in [-0.4, -0.2) is 21.6 Å². The maximum atomic E-state index is 13.9. The van der Waals surface area contributed by atoms with E-state index in [2.05, 4.69) is 9.97 Å². The van der Waals surface area contributed by atoms with E-state index in [0.29, 0.717) is 26.3 Å². The van der Waals surface area contributed by atoms with Crippen LogP contribution in [-0.2, 0) is 0 Å². The van der Waals surface area contributed by atoms with E-state index in [4.69, 9.17) is 16.3 Å². The lowest BCUT2D eigenvalue weighted by Crippen LogP contribution is -2.33. The van der Waals surface area contributed by atoms with Crippen LogP contribution in [0.4, 0.5) is 4.39 Å². The van der Waals surface area contributed by atoms with Crippen LogP contribution in [0.25, 0.3) is 37.1 Å². The van der Waals surface area contributed by atoms with Gasteiger partial charge < -0.3 is 9.72 Å². The van der Waals surface area contributed by atoms with Gasteiger partial charge in [-0.2, -0.15) is 0 Å². The molecule has 0 unspecified atom stereocenters. The van der Waals surface area contributed by atoms with Gasteiger partial charge in [0.05, 0.1) is 29.5 Å². The van der Waals surface area contributed by atoms with Gasteiger partial charge in [0, 0.05) is 27.4 Å². The normalized spacial score (nSPS) is 11.3. The number of aromatic nitrogens is 3. The number of rotatable bonds is 3. The van der Waals surface area contributed by atoms with E-state index >= 15 is 0 Å². The molecule has 9 heteroatoms. The highest BCUT2D eigenvalue weighted by atomic mass is 35.5. The van der Waals surface area contributed by atoms with Crippen molar-refractivity contribution >= 4 is 43.9 Å². The molecule has 3 aromatic heterocycles. The van der Waals surface area contributed by atoms with Crippen LogP contribution < -0.4 is 16.0 Å². The van der Waals surface area contributed by atoms with Crippen molar-refractivity contribution in [2.24, 2.45) is 0 Å². The molecule has 31 heavy (non-hydrogen) atoms. The molecule has 0 saturated heterocycles. The molecule has 0 saturated carbocycles. The van der Waals surface area contributed by atoms with E-state index in [1.165, 1.54) is 19.4 Å². The average molecular weight is 454 g/mol. The van der Waals surface area contributed by atoms with Gasteiger partial charge in [-0.05, 0) is 18.2 Å². The number of thiophene rings is 1. The minimum Gasteiger partial charge on any atom is -0.494 e. The fraction of sp³-hybridized carbons (Fsp3) is 0.0455. The van der Waals surface area contributed by atoms with E-state index in [1.54, 1.807) is 12.3 Å². The second kappa shape index (κ2) is 7.33. The maximum Gasteiger partial charge on any atom is 0.333 e. The van der Waals surface area contributed by atoms with Crippen molar-refractivity contribution in [3.8, 4) is 21.9 Å². The van der Waals surface area contributed by atoms with Gasteiger partial charge in [-0.3, -0.25) is 9.78 Å². The van der Waals surface area contributed by atoms with Gasteiger partial charge in [-0.15, -0.1) is 11.3 Å². The van der Waals surface area contributed by atoms with Crippen molar-refractivity contribution in [2.75, 3.05) is 7.11 Å². The summed E-state index contributed by atoms with van der Waals surface area (Å²) in [5.41, 5.74) is 0.211. The smallest absolute Gasteiger partial charge is 0.333 e. The first-order chi connectivity index (χ1) is 15.0. The van der Waals surface area contributed by atoms with Crippen LogP contribution in [0.5, 0.6) is 5.75 Å². The SMILES string of the molecule is COc1cc(-c2cc3[nH]c(=O)n(-c4cncc5ccccc45)c(=O)c3s2)c(Cl)cc1F. The molecule has 5 rings (SSSR count). The van der Waals surface area contributed by atoms with Crippen molar-refractivity contribution in [1.29, 1.82) is 0 Å². The number of methoxy groups -OCH3 is 1. The molecule has 2 aromatic carbocycles. The number of nitrogens with zero attached hydrogens (tertiary/aromatic N) is 2. The van der Waals surface area contributed by atoms with Gasteiger partial charge >= 0.3 is 5.69 Å². The summed E-state index contributed by atoms with van der Waals surface area (Å²) in [6.45, 7) is 0. The number of ether oxygens (including phenoxy) is 1. The fourth-order valence-corrected chi connectivity index (χ4v) is 4.89. The lowest BCUT2D eigenvalue weighted by atomic mass is 10.1. The second-order valence-electron chi connectivity index (χ2n) is 6.77. The summed E-state index contributed by atoms with van der Waals surface area (Å²) in [4.78, 5) is 33.7. The van der Waals surface area contributed by atoms with Crippen molar-refractivity contribution in [2.45, 2.75) is 0 Å². The molecule has 0 atom stereocenters. The first-order valence-corrected chi connectivity index (χ1v) is 10.3. The van der Waals surface area contributed by atoms with Crippen LogP contribution in [0.1, 0.15) is 0 Å². The van der Waals surface area contributed by atoms with Crippen molar-refractivity contribution in [3.63, 3.8) is 0 Å². The van der Waals surface area contributed by atoms with E-state index in [9.17, 15) is 14.0 Å². The molecule has 0 radical (unpaired) electrons. The number of H-pyrrole nitrogens is 1. The zero-order chi connectivity index (χ0) is 21.7. The Morgan fingerprint density at radius 1 is 1.16 bits per heavy atom. The van der Waals surface area contributed by atoms with Crippen LogP contribution in [0, 0.1) is 5.82 Å². The number of pyridine rings is 1. The summed E-state index contributed by atoms with van der Waals surface area (Å²) in [6.07, 6.45) is 3.16. The van der Waals surface area contributed by atoms with Crippen LogP contribution >= 0.6 is 22.9 Å². The predicted molar refractivity (Wildman–Crippen MR) is 120 cm³/mol. The topological polar surface area (TPSA) is 77.0 Å². The Labute approximate surface area is 183 Å². The second-order valence-corrected chi connectivity index (χ2v) is 8.23. The average Bonchev–Trinajstić information content (AvgIpc) is 3.18. The summed E-state index contributed by atoms with van der Waals surface area (Å²) in [5, 5.41) is 1.71. The van der Waals surface area contributed by atoms with Gasteiger partial charge in [0.15, 0.2) is 11.6 Å². The Bertz CT molecular complexity index is 1600. The molecule has 0 spiro atoms. The Kier molecular flexibility index (Phi) is 4.60. The molecule has 0 amide bonds. The molecule has 6 nitrogen and oxygen atoms in total. The molecule has 154 valence electrons. The van der Waals surface area contributed by atoms with Gasteiger partial charge in [-0.1, -0.05) is 35.9 Å². The number of halogens is 2. The van der Waals surface area contributed by atoms with Gasteiger partial charge in [0.1, 0.15) is 4.70 Å². The van der Waals surface area contributed by atoms with Crippen molar-refractivity contribution in [1.82, 2.24) is 14.5 Å². The molecule has 1 N–H and O–H groups in total. The third kappa shape index (κ3) is 3.11. The number of hydrogen-bond acceptors (Lipinski definition) is 5. The van der Waals surface area contributed by atoms with E-state index in [1.807, 2.05) is 24.3 Å². The Morgan fingerprint density at radius 3 is 2.77 bits per heavy atom. The lowest BCUT2D eigenvalue weighted by molar-refractivity contribution is 0.387. The maximum absolute atomic E-state index is 13.9. The van der Waals surface area contributed by atoms with Crippen molar-refractivity contribution in [3.05, 3.63) is 86.5 Å². The van der Waals surface area contributed by atoms with Gasteiger partial charge in [0.25, 0.3) is 5.56 Å². The third-order valence-corrected chi connectivity index (χ3v) is 6.44. The fourth-order valence-electron chi connectivity index (χ4n) is 3.51. The minimum absolute atomic E-state index is 0.0320. The van der Waals surface area contributed by atoms with E-state index < -0.39 is 17.1 Å². The molecule has 5 aromatic rings. The predicted octanol–water partition coefficient (Wildman–Crippen LogP) is 4.76. The summed E-state index contributed by atoms with van der Waals surface area (Å²) in [6, 6.07) is 11.6. The van der Waals surface area contributed by atoms with Crippen LogP contribution in [0.15, 0.2) is 64.4 Å².